The summed E-state index contributed by atoms with van der Waals surface area (Å²) < 4.78 is 4.14. The van der Waals surface area contributed by atoms with Gasteiger partial charge in [0, 0.05) is 23.6 Å². The molecule has 0 aliphatic carbocycles. The Kier molecular flexibility index (Phi) is 4.30. The van der Waals surface area contributed by atoms with Crippen LogP contribution in [0.2, 0.25) is 0 Å². The molecule has 3 heterocycles. The highest BCUT2D eigenvalue weighted by Crippen LogP contribution is 2.20. The van der Waals surface area contributed by atoms with Crippen molar-refractivity contribution in [2.45, 2.75) is 6.54 Å². The lowest BCUT2D eigenvalue weighted by atomic mass is 10.1. The van der Waals surface area contributed by atoms with Crippen molar-refractivity contribution in [2.24, 2.45) is 0 Å². The van der Waals surface area contributed by atoms with Crippen LogP contribution in [0.25, 0.3) is 22.4 Å². The maximum atomic E-state index is 12.7. The van der Waals surface area contributed by atoms with Crippen LogP contribution in [-0.2, 0) is 11.3 Å². The molecule has 0 bridgehead atoms. The maximum Gasteiger partial charge on any atom is 0.350 e. The van der Waals surface area contributed by atoms with Gasteiger partial charge in [0.2, 0.25) is 5.91 Å². The summed E-state index contributed by atoms with van der Waals surface area (Å²) in [5.74, 6) is -0.421. The van der Waals surface area contributed by atoms with Crippen LogP contribution in [0.5, 0.6) is 0 Å². The number of aromatic nitrogens is 5. The van der Waals surface area contributed by atoms with Gasteiger partial charge in [-0.3, -0.25) is 4.79 Å². The van der Waals surface area contributed by atoms with Gasteiger partial charge in [0.1, 0.15) is 12.1 Å². The van der Waals surface area contributed by atoms with Crippen LogP contribution in [0.1, 0.15) is 5.56 Å². The fourth-order valence-corrected chi connectivity index (χ4v) is 3.39. The molecule has 0 unspecified atom stereocenters. The van der Waals surface area contributed by atoms with Crippen LogP contribution >= 0.6 is 0 Å². The number of anilines is 1. The second-order valence-corrected chi connectivity index (χ2v) is 6.90. The number of hydrogen-bond acceptors (Lipinski definition) is 5. The molecule has 2 aromatic carbocycles. The maximum absolute atomic E-state index is 12.7. The molecule has 3 aromatic heterocycles. The molecule has 1 amide bonds. The first-order valence-corrected chi connectivity index (χ1v) is 9.45. The number of nitrogens with one attached hydrogen (secondary N) is 1. The van der Waals surface area contributed by atoms with Crippen LogP contribution in [0, 0.1) is 11.3 Å². The molecule has 31 heavy (non-hydrogen) atoms. The number of benzene rings is 2. The number of nitrogens with zero attached hydrogens (tertiary/aromatic N) is 6. The van der Waals surface area contributed by atoms with Crippen molar-refractivity contribution in [3.63, 3.8) is 0 Å². The number of carbonyl (C=O) groups is 1. The fraction of sp³-hybridized carbons (Fsp3) is 0.0455. The van der Waals surface area contributed by atoms with Crippen molar-refractivity contribution in [2.75, 3.05) is 5.32 Å². The van der Waals surface area contributed by atoms with Crippen LogP contribution in [0.15, 0.2) is 77.9 Å². The van der Waals surface area contributed by atoms with Crippen molar-refractivity contribution in [3.8, 4) is 17.3 Å². The summed E-state index contributed by atoms with van der Waals surface area (Å²) in [6.07, 6.45) is 3.25. The van der Waals surface area contributed by atoms with Crippen LogP contribution < -0.4 is 11.0 Å². The first-order valence-electron chi connectivity index (χ1n) is 9.45. The van der Waals surface area contributed by atoms with Crippen molar-refractivity contribution in [1.29, 1.82) is 5.26 Å². The van der Waals surface area contributed by atoms with Gasteiger partial charge in [-0.15, -0.1) is 5.10 Å². The van der Waals surface area contributed by atoms with Crippen molar-refractivity contribution >= 4 is 22.8 Å². The Morgan fingerprint density at radius 1 is 1.03 bits per heavy atom. The summed E-state index contributed by atoms with van der Waals surface area (Å²) in [7, 11) is 0. The van der Waals surface area contributed by atoms with E-state index >= 15 is 0 Å². The Labute approximate surface area is 175 Å². The van der Waals surface area contributed by atoms with Crippen molar-refractivity contribution in [1.82, 2.24) is 23.8 Å². The molecule has 5 aromatic rings. The quantitative estimate of drug-likeness (QED) is 0.490. The Morgan fingerprint density at radius 2 is 1.87 bits per heavy atom. The molecule has 0 atom stereocenters. The van der Waals surface area contributed by atoms with Gasteiger partial charge in [0.25, 0.3) is 0 Å². The van der Waals surface area contributed by atoms with E-state index in [0.717, 1.165) is 15.9 Å². The average molecular weight is 409 g/mol. The van der Waals surface area contributed by atoms with E-state index in [9.17, 15) is 9.59 Å². The van der Waals surface area contributed by atoms with Gasteiger partial charge in [0.15, 0.2) is 5.65 Å². The van der Waals surface area contributed by atoms with Gasteiger partial charge >= 0.3 is 5.69 Å². The molecule has 0 fully saturated rings. The molecule has 150 valence electrons. The molecule has 9 heteroatoms. The van der Waals surface area contributed by atoms with Gasteiger partial charge in [-0.05, 0) is 24.3 Å². The first-order chi connectivity index (χ1) is 15.1. The number of carbonyl (C=O) groups excluding carboxylic acids is 1. The van der Waals surface area contributed by atoms with Gasteiger partial charge in [-0.1, -0.05) is 36.4 Å². The van der Waals surface area contributed by atoms with E-state index in [0.29, 0.717) is 22.4 Å². The Morgan fingerprint density at radius 3 is 2.68 bits per heavy atom. The molecule has 0 spiro atoms. The predicted molar refractivity (Wildman–Crippen MR) is 113 cm³/mol. The van der Waals surface area contributed by atoms with E-state index in [-0.39, 0.29) is 6.54 Å². The number of nitriles is 1. The second kappa shape index (κ2) is 7.27. The molecule has 0 radical (unpaired) electrons. The summed E-state index contributed by atoms with van der Waals surface area (Å²) >= 11 is 0. The normalized spacial score (nSPS) is 10.9. The topological polar surface area (TPSA) is 109 Å². The molecule has 5 rings (SSSR count). The summed E-state index contributed by atoms with van der Waals surface area (Å²) in [5.41, 5.74) is 3.24. The van der Waals surface area contributed by atoms with Crippen molar-refractivity contribution in [3.05, 3.63) is 89.1 Å². The third kappa shape index (κ3) is 3.32. The third-order valence-corrected chi connectivity index (χ3v) is 4.83. The molecule has 0 saturated heterocycles. The summed E-state index contributed by atoms with van der Waals surface area (Å²) in [6.45, 7) is -0.261. The minimum atomic E-state index is -0.430. The Bertz CT molecular complexity index is 1540. The zero-order chi connectivity index (χ0) is 21.4. The lowest BCUT2D eigenvalue weighted by Gasteiger charge is -2.04. The van der Waals surface area contributed by atoms with Crippen LogP contribution in [0.3, 0.4) is 0 Å². The predicted octanol–water partition coefficient (Wildman–Crippen LogP) is 2.32. The van der Waals surface area contributed by atoms with Gasteiger partial charge in [-0.2, -0.15) is 10.4 Å². The van der Waals surface area contributed by atoms with Crippen LogP contribution in [-0.4, -0.2) is 29.7 Å². The van der Waals surface area contributed by atoms with Crippen molar-refractivity contribution < 1.29 is 4.79 Å². The van der Waals surface area contributed by atoms with E-state index in [1.807, 2.05) is 42.5 Å². The highest BCUT2D eigenvalue weighted by atomic mass is 16.2. The van der Waals surface area contributed by atoms with Crippen LogP contribution in [0.4, 0.5) is 5.69 Å². The highest BCUT2D eigenvalue weighted by molar-refractivity contribution is 5.90. The highest BCUT2D eigenvalue weighted by Gasteiger charge is 2.15. The van der Waals surface area contributed by atoms with E-state index in [4.69, 9.17) is 5.26 Å². The van der Waals surface area contributed by atoms with E-state index in [1.54, 1.807) is 41.2 Å². The SMILES string of the molecule is N#Cc1cccc(NC(=O)Cn2nc3c4cc(-c5ccccc5)nn4ccn3c2=O)c1. The third-order valence-electron chi connectivity index (χ3n) is 4.83. The fourth-order valence-electron chi connectivity index (χ4n) is 3.39. The van der Waals surface area contributed by atoms with E-state index < -0.39 is 11.6 Å². The monoisotopic (exact) mass is 409 g/mol. The molecule has 1 N–H and O–H groups in total. The smallest absolute Gasteiger partial charge is 0.324 e. The van der Waals surface area contributed by atoms with E-state index in [1.165, 1.54) is 4.40 Å². The van der Waals surface area contributed by atoms with Gasteiger partial charge in [0.05, 0.1) is 17.3 Å². The number of rotatable bonds is 4. The summed E-state index contributed by atoms with van der Waals surface area (Å²) in [4.78, 5) is 25.2. The average Bonchev–Trinajstić information content (AvgIpc) is 3.36. The Balaban J connectivity index is 1.48. The number of fused-ring (bicyclic) bond motifs is 3. The van der Waals surface area contributed by atoms with E-state index in [2.05, 4.69) is 15.5 Å². The number of hydrogen-bond donors (Lipinski definition) is 1. The minimum absolute atomic E-state index is 0.261. The lowest BCUT2D eigenvalue weighted by Crippen LogP contribution is -2.28. The second-order valence-electron chi connectivity index (χ2n) is 6.90. The van der Waals surface area contributed by atoms with Gasteiger partial charge in [-0.25, -0.2) is 18.4 Å². The molecular formula is C22H15N7O2. The van der Waals surface area contributed by atoms with Gasteiger partial charge < -0.3 is 5.32 Å². The summed E-state index contributed by atoms with van der Waals surface area (Å²) in [5, 5.41) is 20.6. The minimum Gasteiger partial charge on any atom is -0.324 e. The first kappa shape index (κ1) is 18.3. The molecule has 9 nitrogen and oxygen atoms in total. The Hall–Kier alpha value is -4.71. The number of amides is 1. The molecule has 0 saturated carbocycles. The largest absolute Gasteiger partial charge is 0.350 e. The zero-order valence-corrected chi connectivity index (χ0v) is 16.1. The zero-order valence-electron chi connectivity index (χ0n) is 16.1. The lowest BCUT2D eigenvalue weighted by molar-refractivity contribution is -0.117. The molecule has 0 aliphatic rings. The summed E-state index contributed by atoms with van der Waals surface area (Å²) in [6, 6.07) is 20.1. The standard InChI is InChI=1S/C22H15N7O2/c23-13-15-5-4-8-17(11-15)24-20(30)14-29-22(31)27-9-10-28-19(21(27)26-29)12-18(25-28)16-6-2-1-3-7-16/h1-12H,14H2,(H,24,30). The molecular weight excluding hydrogens is 394 g/mol. The molecule has 0 aliphatic heterocycles.